The maximum Gasteiger partial charge on any atom is 0.271 e. The lowest BCUT2D eigenvalue weighted by Gasteiger charge is -2.13. The summed E-state index contributed by atoms with van der Waals surface area (Å²) in [5.41, 5.74) is 1.60. The van der Waals surface area contributed by atoms with E-state index >= 15 is 0 Å². The molecule has 2 N–H and O–H groups in total. The third-order valence-electron chi connectivity index (χ3n) is 3.21. The van der Waals surface area contributed by atoms with Crippen molar-refractivity contribution in [2.45, 2.75) is 25.8 Å². The number of aromatic nitrogens is 2. The largest absolute Gasteiger partial charge is 0.372 e. The summed E-state index contributed by atoms with van der Waals surface area (Å²) in [6, 6.07) is 10.3. The second-order valence-corrected chi connectivity index (χ2v) is 4.94. The monoisotopic (exact) mass is 284 g/mol. The predicted molar refractivity (Wildman–Crippen MR) is 83.3 cm³/mol. The molecule has 1 aromatic carbocycles. The van der Waals surface area contributed by atoms with Crippen LogP contribution in [0.1, 0.15) is 29.4 Å². The van der Waals surface area contributed by atoms with Crippen LogP contribution in [0.3, 0.4) is 0 Å². The zero-order valence-electron chi connectivity index (χ0n) is 12.3. The van der Waals surface area contributed by atoms with Gasteiger partial charge < -0.3 is 10.6 Å². The molecule has 2 aromatic rings. The number of hydrogen-bond donors (Lipinski definition) is 2. The molecule has 1 atom stereocenters. The number of carbonyl (C=O) groups excluding carboxylic acids is 1. The third-order valence-corrected chi connectivity index (χ3v) is 3.21. The number of nitrogens with zero attached hydrogens (tertiary/aromatic N) is 2. The van der Waals surface area contributed by atoms with Crippen molar-refractivity contribution < 1.29 is 4.79 Å². The van der Waals surface area contributed by atoms with Crippen molar-refractivity contribution in [1.82, 2.24) is 15.3 Å². The molecule has 0 aliphatic rings. The number of amides is 1. The number of anilines is 1. The summed E-state index contributed by atoms with van der Waals surface area (Å²) in [6.07, 6.45) is 4.87. The van der Waals surface area contributed by atoms with Gasteiger partial charge in [0.2, 0.25) is 0 Å². The molecular weight excluding hydrogens is 264 g/mol. The van der Waals surface area contributed by atoms with Gasteiger partial charge in [-0.3, -0.25) is 9.78 Å². The number of nitrogens with one attached hydrogen (secondary N) is 2. The van der Waals surface area contributed by atoms with E-state index in [0.717, 1.165) is 12.8 Å². The van der Waals surface area contributed by atoms with E-state index in [1.54, 1.807) is 13.2 Å². The normalized spacial score (nSPS) is 11.7. The van der Waals surface area contributed by atoms with Crippen molar-refractivity contribution in [3.8, 4) is 0 Å². The zero-order valence-corrected chi connectivity index (χ0v) is 12.3. The Kier molecular flexibility index (Phi) is 5.26. The second kappa shape index (κ2) is 7.38. The molecule has 2 rings (SSSR count). The Hall–Kier alpha value is -2.43. The van der Waals surface area contributed by atoms with Crippen molar-refractivity contribution in [1.29, 1.82) is 0 Å². The highest BCUT2D eigenvalue weighted by Gasteiger charge is 2.12. The lowest BCUT2D eigenvalue weighted by Crippen LogP contribution is -2.33. The molecule has 0 radical (unpaired) electrons. The van der Waals surface area contributed by atoms with E-state index in [9.17, 15) is 4.79 Å². The average Bonchev–Trinajstić information content (AvgIpc) is 2.54. The fraction of sp³-hybridized carbons (Fsp3) is 0.312. The third kappa shape index (κ3) is 4.56. The van der Waals surface area contributed by atoms with E-state index in [-0.39, 0.29) is 11.9 Å². The van der Waals surface area contributed by atoms with Crippen LogP contribution in [0, 0.1) is 0 Å². The van der Waals surface area contributed by atoms with Crippen molar-refractivity contribution in [2.75, 3.05) is 12.4 Å². The Labute approximate surface area is 124 Å². The van der Waals surface area contributed by atoms with Crippen molar-refractivity contribution >= 4 is 11.7 Å². The summed E-state index contributed by atoms with van der Waals surface area (Å²) in [4.78, 5) is 20.3. The molecule has 110 valence electrons. The van der Waals surface area contributed by atoms with Gasteiger partial charge in [0.25, 0.3) is 5.91 Å². The first kappa shape index (κ1) is 15.0. The van der Waals surface area contributed by atoms with E-state index in [2.05, 4.69) is 32.7 Å². The molecule has 0 fully saturated rings. The van der Waals surface area contributed by atoms with Gasteiger partial charge in [0.1, 0.15) is 11.5 Å². The fourth-order valence-electron chi connectivity index (χ4n) is 1.99. The number of aryl methyl sites for hydroxylation is 1. The standard InChI is InChI=1S/C16H20N4O/c1-12(8-9-13-6-4-3-5-7-13)19-16(21)14-10-18-11-15(17-2)20-14/h3-7,10-12H,8-9H2,1-2H3,(H,17,20)(H,19,21). The van der Waals surface area contributed by atoms with Crippen LogP contribution < -0.4 is 10.6 Å². The van der Waals surface area contributed by atoms with Crippen LogP contribution in [-0.2, 0) is 6.42 Å². The van der Waals surface area contributed by atoms with Crippen LogP contribution in [0.25, 0.3) is 0 Å². The van der Waals surface area contributed by atoms with E-state index in [0.29, 0.717) is 11.5 Å². The first-order valence-electron chi connectivity index (χ1n) is 7.03. The minimum absolute atomic E-state index is 0.0812. The average molecular weight is 284 g/mol. The lowest BCUT2D eigenvalue weighted by molar-refractivity contribution is 0.0933. The molecule has 1 aromatic heterocycles. The van der Waals surface area contributed by atoms with Gasteiger partial charge in [-0.1, -0.05) is 30.3 Å². The van der Waals surface area contributed by atoms with Crippen molar-refractivity contribution in [2.24, 2.45) is 0 Å². The van der Waals surface area contributed by atoms with E-state index in [1.165, 1.54) is 11.8 Å². The molecule has 0 aliphatic carbocycles. The van der Waals surface area contributed by atoms with Gasteiger partial charge in [0.05, 0.1) is 12.4 Å². The first-order valence-corrected chi connectivity index (χ1v) is 7.03. The van der Waals surface area contributed by atoms with Crippen LogP contribution in [0.2, 0.25) is 0 Å². The Morgan fingerprint density at radius 2 is 2.00 bits per heavy atom. The molecule has 0 saturated carbocycles. The van der Waals surface area contributed by atoms with Gasteiger partial charge in [-0.25, -0.2) is 4.98 Å². The molecular formula is C16H20N4O. The summed E-state index contributed by atoms with van der Waals surface area (Å²) in [5.74, 6) is 0.389. The lowest BCUT2D eigenvalue weighted by atomic mass is 10.1. The van der Waals surface area contributed by atoms with Gasteiger partial charge in [0.15, 0.2) is 0 Å². The minimum atomic E-state index is -0.194. The Bertz CT molecular complexity index is 586. The number of benzene rings is 1. The summed E-state index contributed by atoms with van der Waals surface area (Å²) < 4.78 is 0. The molecule has 0 aliphatic heterocycles. The minimum Gasteiger partial charge on any atom is -0.372 e. The Balaban J connectivity index is 1.87. The predicted octanol–water partition coefficient (Wildman–Crippen LogP) is 2.27. The smallest absolute Gasteiger partial charge is 0.271 e. The van der Waals surface area contributed by atoms with Crippen molar-refractivity contribution in [3.05, 3.63) is 54.0 Å². The van der Waals surface area contributed by atoms with Crippen LogP contribution in [-0.4, -0.2) is 29.0 Å². The maximum absolute atomic E-state index is 12.1. The first-order chi connectivity index (χ1) is 10.2. The molecule has 1 unspecified atom stereocenters. The summed E-state index contributed by atoms with van der Waals surface area (Å²) in [5, 5.41) is 5.82. The van der Waals surface area contributed by atoms with E-state index in [1.807, 2.05) is 25.1 Å². The molecule has 5 nitrogen and oxygen atoms in total. The van der Waals surface area contributed by atoms with Gasteiger partial charge in [-0.05, 0) is 25.3 Å². The van der Waals surface area contributed by atoms with E-state index in [4.69, 9.17) is 0 Å². The molecule has 21 heavy (non-hydrogen) atoms. The quantitative estimate of drug-likeness (QED) is 0.854. The van der Waals surface area contributed by atoms with Crippen molar-refractivity contribution in [3.63, 3.8) is 0 Å². The number of carbonyl (C=O) groups is 1. The topological polar surface area (TPSA) is 66.9 Å². The highest BCUT2D eigenvalue weighted by molar-refractivity contribution is 5.92. The number of rotatable bonds is 6. The molecule has 0 saturated heterocycles. The van der Waals surface area contributed by atoms with Crippen LogP contribution >= 0.6 is 0 Å². The Morgan fingerprint density at radius 1 is 1.24 bits per heavy atom. The molecule has 1 amide bonds. The van der Waals surface area contributed by atoms with Crippen LogP contribution in [0.15, 0.2) is 42.7 Å². The van der Waals surface area contributed by atoms with Gasteiger partial charge in [-0.2, -0.15) is 0 Å². The summed E-state index contributed by atoms with van der Waals surface area (Å²) in [6.45, 7) is 2.00. The SMILES string of the molecule is CNc1cncc(C(=O)NC(C)CCc2ccccc2)n1. The van der Waals surface area contributed by atoms with Crippen LogP contribution in [0.4, 0.5) is 5.82 Å². The zero-order chi connectivity index (χ0) is 15.1. The summed E-state index contributed by atoms with van der Waals surface area (Å²) in [7, 11) is 1.74. The van der Waals surface area contributed by atoms with Gasteiger partial charge >= 0.3 is 0 Å². The molecule has 0 bridgehead atoms. The highest BCUT2D eigenvalue weighted by atomic mass is 16.1. The Morgan fingerprint density at radius 3 is 2.71 bits per heavy atom. The molecule has 5 heteroatoms. The second-order valence-electron chi connectivity index (χ2n) is 4.94. The van der Waals surface area contributed by atoms with Gasteiger partial charge in [0, 0.05) is 13.1 Å². The maximum atomic E-state index is 12.1. The fourth-order valence-corrected chi connectivity index (χ4v) is 1.99. The van der Waals surface area contributed by atoms with Gasteiger partial charge in [-0.15, -0.1) is 0 Å². The molecule has 0 spiro atoms. The van der Waals surface area contributed by atoms with E-state index < -0.39 is 0 Å². The highest BCUT2D eigenvalue weighted by Crippen LogP contribution is 2.06. The number of hydrogen-bond acceptors (Lipinski definition) is 4. The van der Waals surface area contributed by atoms with Crippen LogP contribution in [0.5, 0.6) is 0 Å². The summed E-state index contributed by atoms with van der Waals surface area (Å²) >= 11 is 0. The molecule has 1 heterocycles.